The minimum absolute atomic E-state index is 0.113. The molecule has 0 amide bonds. The molecule has 4 rings (SSSR count). The lowest BCUT2D eigenvalue weighted by atomic mass is 9.82. The molecule has 1 saturated heterocycles. The third-order valence-electron chi connectivity index (χ3n) is 5.44. The molecule has 2 aromatic rings. The highest BCUT2D eigenvalue weighted by molar-refractivity contribution is 5.98. The zero-order chi connectivity index (χ0) is 19.3. The third-order valence-corrected chi connectivity index (χ3v) is 5.44. The Morgan fingerprint density at radius 3 is 2.75 bits per heavy atom. The van der Waals surface area contributed by atoms with Gasteiger partial charge in [-0.15, -0.1) is 0 Å². The van der Waals surface area contributed by atoms with Crippen molar-refractivity contribution in [3.63, 3.8) is 0 Å². The van der Waals surface area contributed by atoms with Gasteiger partial charge in [-0.2, -0.15) is 0 Å². The van der Waals surface area contributed by atoms with Crippen molar-refractivity contribution in [2.24, 2.45) is 0 Å². The first-order valence-electron chi connectivity index (χ1n) is 9.80. The Kier molecular flexibility index (Phi) is 5.83. The van der Waals surface area contributed by atoms with E-state index >= 15 is 0 Å². The molecule has 1 fully saturated rings. The maximum atomic E-state index is 12.6. The van der Waals surface area contributed by atoms with Crippen LogP contribution in [0.1, 0.15) is 34.0 Å². The topological polar surface area (TPSA) is 76.6 Å². The Labute approximate surface area is 165 Å². The Morgan fingerprint density at radius 1 is 1.21 bits per heavy atom. The monoisotopic (exact) mass is 382 g/mol. The van der Waals surface area contributed by atoms with E-state index in [0.717, 1.165) is 62.8 Å². The molecule has 0 spiro atoms. The number of Topliss-reactive ketones (excluding diaryl/α,β-unsaturated/α-hetero) is 1. The zero-order valence-corrected chi connectivity index (χ0v) is 16.2. The number of carbonyl (C=O) groups is 1. The van der Waals surface area contributed by atoms with E-state index in [9.17, 15) is 4.79 Å². The van der Waals surface area contributed by atoms with Crippen molar-refractivity contribution in [2.45, 2.75) is 18.8 Å². The molecular weight excluding hydrogens is 356 g/mol. The first-order chi connectivity index (χ1) is 13.7. The second kappa shape index (κ2) is 8.67. The van der Waals surface area contributed by atoms with Crippen molar-refractivity contribution in [3.8, 4) is 5.75 Å². The lowest BCUT2D eigenvalue weighted by molar-refractivity contribution is 0.0398. The fraction of sp³-hybridized carbons (Fsp3) is 0.476. The quantitative estimate of drug-likeness (QED) is 0.820. The van der Waals surface area contributed by atoms with Gasteiger partial charge < -0.3 is 14.8 Å². The van der Waals surface area contributed by atoms with Gasteiger partial charge in [0.2, 0.25) is 5.95 Å². The second-order valence-electron chi connectivity index (χ2n) is 7.24. The summed E-state index contributed by atoms with van der Waals surface area (Å²) in [5.41, 5.74) is 2.63. The van der Waals surface area contributed by atoms with Gasteiger partial charge in [0.05, 0.1) is 31.6 Å². The largest absolute Gasteiger partial charge is 0.497 e. The average Bonchev–Trinajstić information content (AvgIpc) is 2.74. The van der Waals surface area contributed by atoms with E-state index in [-0.39, 0.29) is 11.7 Å². The first-order valence-corrected chi connectivity index (χ1v) is 9.80. The molecule has 0 radical (unpaired) electrons. The van der Waals surface area contributed by atoms with Crippen molar-refractivity contribution in [2.75, 3.05) is 51.8 Å². The number of ketones is 1. The fourth-order valence-electron chi connectivity index (χ4n) is 3.79. The van der Waals surface area contributed by atoms with Crippen molar-refractivity contribution < 1.29 is 14.3 Å². The first kappa shape index (κ1) is 18.8. The summed E-state index contributed by atoms with van der Waals surface area (Å²) in [6.45, 7) is 5.22. The lowest BCUT2D eigenvalue weighted by Crippen LogP contribution is -2.39. The number of carbonyl (C=O) groups excluding carboxylic acids is 1. The Bertz CT molecular complexity index is 819. The summed E-state index contributed by atoms with van der Waals surface area (Å²) >= 11 is 0. The number of anilines is 1. The molecule has 148 valence electrons. The van der Waals surface area contributed by atoms with Crippen molar-refractivity contribution in [1.82, 2.24) is 14.9 Å². The zero-order valence-electron chi connectivity index (χ0n) is 16.2. The van der Waals surface area contributed by atoms with Crippen LogP contribution in [0.3, 0.4) is 0 Å². The number of hydrogen-bond acceptors (Lipinski definition) is 7. The Balaban J connectivity index is 1.41. The number of methoxy groups -OCH3 is 1. The van der Waals surface area contributed by atoms with Gasteiger partial charge in [0, 0.05) is 38.8 Å². The van der Waals surface area contributed by atoms with Crippen LogP contribution < -0.4 is 10.1 Å². The lowest BCUT2D eigenvalue weighted by Gasteiger charge is -2.26. The van der Waals surface area contributed by atoms with Crippen LogP contribution in [0.4, 0.5) is 5.95 Å². The molecule has 1 aliphatic heterocycles. The number of morpholine rings is 1. The van der Waals surface area contributed by atoms with E-state index in [4.69, 9.17) is 9.47 Å². The molecule has 7 heteroatoms. The van der Waals surface area contributed by atoms with E-state index in [2.05, 4.69) is 20.2 Å². The minimum Gasteiger partial charge on any atom is -0.497 e. The maximum absolute atomic E-state index is 12.6. The number of nitrogens with one attached hydrogen (secondary N) is 1. The summed E-state index contributed by atoms with van der Waals surface area (Å²) in [6, 6.07) is 7.94. The summed E-state index contributed by atoms with van der Waals surface area (Å²) < 4.78 is 10.6. The molecule has 1 atom stereocenters. The van der Waals surface area contributed by atoms with Crippen molar-refractivity contribution in [3.05, 3.63) is 47.3 Å². The number of fused-ring (bicyclic) bond motifs is 1. The smallest absolute Gasteiger partial charge is 0.222 e. The van der Waals surface area contributed by atoms with Gasteiger partial charge in [-0.1, -0.05) is 12.1 Å². The SMILES string of the molecule is COc1ccc(C2CC(=O)c3cnc(NCCN4CCOCC4)nc3C2)cc1. The van der Waals surface area contributed by atoms with Crippen LogP contribution in [0.25, 0.3) is 0 Å². The van der Waals surface area contributed by atoms with Gasteiger partial charge in [-0.25, -0.2) is 9.97 Å². The number of hydrogen-bond donors (Lipinski definition) is 1. The van der Waals surface area contributed by atoms with E-state index in [1.807, 2.05) is 24.3 Å². The van der Waals surface area contributed by atoms with Crippen LogP contribution in [0.15, 0.2) is 30.5 Å². The van der Waals surface area contributed by atoms with Crippen LogP contribution in [0.2, 0.25) is 0 Å². The van der Waals surface area contributed by atoms with Gasteiger partial charge in [0.25, 0.3) is 0 Å². The standard InChI is InChI=1S/C21H26N4O3/c1-27-17-4-2-15(3-5-17)16-12-19-18(20(26)13-16)14-23-21(24-19)22-6-7-25-8-10-28-11-9-25/h2-5,14,16H,6-13H2,1H3,(H,22,23,24). The van der Waals surface area contributed by atoms with Crippen LogP contribution in [-0.2, 0) is 11.2 Å². The molecule has 1 aromatic heterocycles. The van der Waals surface area contributed by atoms with Crippen LogP contribution in [0, 0.1) is 0 Å². The minimum atomic E-state index is 0.113. The van der Waals surface area contributed by atoms with E-state index in [0.29, 0.717) is 17.9 Å². The highest BCUT2D eigenvalue weighted by atomic mass is 16.5. The van der Waals surface area contributed by atoms with E-state index in [1.165, 1.54) is 0 Å². The summed E-state index contributed by atoms with van der Waals surface area (Å²) in [5, 5.41) is 3.29. The van der Waals surface area contributed by atoms with Crippen LogP contribution in [0.5, 0.6) is 5.75 Å². The Morgan fingerprint density at radius 2 is 2.00 bits per heavy atom. The van der Waals surface area contributed by atoms with Crippen LogP contribution >= 0.6 is 0 Å². The fourth-order valence-corrected chi connectivity index (χ4v) is 3.79. The number of aromatic nitrogens is 2. The molecule has 7 nitrogen and oxygen atoms in total. The van der Waals surface area contributed by atoms with E-state index < -0.39 is 0 Å². The highest BCUT2D eigenvalue weighted by Crippen LogP contribution is 2.32. The number of nitrogens with zero attached hydrogens (tertiary/aromatic N) is 3. The molecular formula is C21H26N4O3. The molecule has 1 aliphatic carbocycles. The van der Waals surface area contributed by atoms with Crippen molar-refractivity contribution in [1.29, 1.82) is 0 Å². The normalized spacial score (nSPS) is 19.9. The van der Waals surface area contributed by atoms with Gasteiger partial charge in [0.1, 0.15) is 5.75 Å². The molecule has 2 heterocycles. The number of benzene rings is 1. The molecule has 1 aromatic carbocycles. The predicted octanol–water partition coefficient (Wildman–Crippen LogP) is 2.14. The number of rotatable bonds is 6. The van der Waals surface area contributed by atoms with Gasteiger partial charge in [-0.05, 0) is 30.0 Å². The van der Waals surface area contributed by atoms with Gasteiger partial charge in [-0.3, -0.25) is 9.69 Å². The van der Waals surface area contributed by atoms with E-state index in [1.54, 1.807) is 13.3 Å². The molecule has 0 saturated carbocycles. The van der Waals surface area contributed by atoms with Crippen molar-refractivity contribution >= 4 is 11.7 Å². The predicted molar refractivity (Wildman–Crippen MR) is 106 cm³/mol. The van der Waals surface area contributed by atoms with Gasteiger partial charge in [0.15, 0.2) is 5.78 Å². The molecule has 28 heavy (non-hydrogen) atoms. The van der Waals surface area contributed by atoms with Gasteiger partial charge >= 0.3 is 0 Å². The van der Waals surface area contributed by atoms with Crippen LogP contribution in [-0.4, -0.2) is 67.2 Å². The molecule has 0 bridgehead atoms. The highest BCUT2D eigenvalue weighted by Gasteiger charge is 2.28. The molecule has 1 unspecified atom stereocenters. The Hall–Kier alpha value is -2.51. The molecule has 2 aliphatic rings. The summed E-state index contributed by atoms with van der Waals surface area (Å²) in [7, 11) is 1.65. The maximum Gasteiger partial charge on any atom is 0.222 e. The summed E-state index contributed by atoms with van der Waals surface area (Å²) in [6.07, 6.45) is 2.91. The average molecular weight is 382 g/mol. The second-order valence-corrected chi connectivity index (χ2v) is 7.24. The third kappa shape index (κ3) is 4.31. The number of ether oxygens (including phenoxy) is 2. The summed E-state index contributed by atoms with van der Waals surface area (Å²) in [5.74, 6) is 1.67. The summed E-state index contributed by atoms with van der Waals surface area (Å²) in [4.78, 5) is 23.9. The molecule has 1 N–H and O–H groups in total.